The molecular formula is C16H22N4O4S. The molecule has 2 rings (SSSR count). The quantitative estimate of drug-likeness (QED) is 0.446. The third-order valence-corrected chi connectivity index (χ3v) is 3.74. The molecule has 0 bridgehead atoms. The molecule has 9 heteroatoms. The summed E-state index contributed by atoms with van der Waals surface area (Å²) in [7, 11) is 0. The van der Waals surface area contributed by atoms with Gasteiger partial charge < -0.3 is 20.1 Å². The molecule has 1 heterocycles. The lowest BCUT2D eigenvalue weighted by Gasteiger charge is -2.21. The average Bonchev–Trinajstić information content (AvgIpc) is 3.02. The molecule has 8 nitrogen and oxygen atoms in total. The van der Waals surface area contributed by atoms with Gasteiger partial charge in [-0.1, -0.05) is 19.9 Å². The average molecular weight is 366 g/mol. The predicted molar refractivity (Wildman–Crippen MR) is 95.7 cm³/mol. The van der Waals surface area contributed by atoms with Crippen molar-refractivity contribution < 1.29 is 19.1 Å². The molecule has 0 saturated carbocycles. The molecule has 1 aliphatic heterocycles. The van der Waals surface area contributed by atoms with Gasteiger partial charge in [0, 0.05) is 13.5 Å². The molecule has 0 fully saturated rings. The van der Waals surface area contributed by atoms with E-state index in [1.165, 1.54) is 6.92 Å². The zero-order valence-corrected chi connectivity index (χ0v) is 15.2. The summed E-state index contributed by atoms with van der Waals surface area (Å²) in [4.78, 5) is 23.3. The standard InChI is InChI=1S/C16H22N4O4S/c1-9(2)14(18-10(3)21)15(22)19-20-16(25)17-7-11-4-5-12-13(6-11)24-8-23-12/h4-6,9,14H,7-8H2,1-3H3,(H,18,21)(H,19,22)(H2,17,20,25). The smallest absolute Gasteiger partial charge is 0.261 e. The number of hydrogen-bond donors (Lipinski definition) is 4. The van der Waals surface area contributed by atoms with Crippen LogP contribution in [-0.4, -0.2) is 29.8 Å². The van der Waals surface area contributed by atoms with E-state index in [1.54, 1.807) is 0 Å². The highest BCUT2D eigenvalue weighted by atomic mass is 32.1. The number of benzene rings is 1. The van der Waals surface area contributed by atoms with Crippen molar-refractivity contribution in [3.05, 3.63) is 23.8 Å². The minimum atomic E-state index is -0.637. The van der Waals surface area contributed by atoms with Crippen LogP contribution in [0.25, 0.3) is 0 Å². The number of thiocarbonyl (C=S) groups is 1. The lowest BCUT2D eigenvalue weighted by molar-refractivity contribution is -0.129. The maximum absolute atomic E-state index is 12.1. The SMILES string of the molecule is CC(=O)NC(C(=O)NNC(=S)NCc1ccc2c(c1)OCO2)C(C)C. The van der Waals surface area contributed by atoms with E-state index in [0.29, 0.717) is 12.3 Å². The fraction of sp³-hybridized carbons (Fsp3) is 0.438. The highest BCUT2D eigenvalue weighted by Crippen LogP contribution is 2.32. The van der Waals surface area contributed by atoms with Crippen molar-refractivity contribution in [1.29, 1.82) is 0 Å². The molecule has 2 amide bonds. The molecule has 1 unspecified atom stereocenters. The summed E-state index contributed by atoms with van der Waals surface area (Å²) in [5.74, 6) is 0.728. The zero-order valence-electron chi connectivity index (χ0n) is 14.3. The molecule has 0 aliphatic carbocycles. The van der Waals surface area contributed by atoms with Gasteiger partial charge in [0.05, 0.1) is 0 Å². The van der Waals surface area contributed by atoms with Gasteiger partial charge in [0.25, 0.3) is 5.91 Å². The summed E-state index contributed by atoms with van der Waals surface area (Å²) < 4.78 is 10.6. The van der Waals surface area contributed by atoms with Crippen LogP contribution >= 0.6 is 12.2 Å². The van der Waals surface area contributed by atoms with Gasteiger partial charge in [-0.15, -0.1) is 0 Å². The second kappa shape index (κ2) is 8.52. The summed E-state index contributed by atoms with van der Waals surface area (Å²) in [6.45, 7) is 5.74. The fourth-order valence-electron chi connectivity index (χ4n) is 2.23. The van der Waals surface area contributed by atoms with Crippen molar-refractivity contribution in [3.8, 4) is 11.5 Å². The lowest BCUT2D eigenvalue weighted by atomic mass is 10.0. The Kier molecular flexibility index (Phi) is 6.40. The van der Waals surface area contributed by atoms with E-state index in [1.807, 2.05) is 32.0 Å². The number of nitrogens with one attached hydrogen (secondary N) is 4. The Hall–Kier alpha value is -2.55. The van der Waals surface area contributed by atoms with Gasteiger partial charge >= 0.3 is 0 Å². The molecule has 1 aromatic carbocycles. The van der Waals surface area contributed by atoms with Gasteiger partial charge in [0.2, 0.25) is 12.7 Å². The van der Waals surface area contributed by atoms with Crippen molar-refractivity contribution in [1.82, 2.24) is 21.5 Å². The largest absolute Gasteiger partial charge is 0.454 e. The van der Waals surface area contributed by atoms with Crippen molar-refractivity contribution in [2.24, 2.45) is 5.92 Å². The molecule has 0 aromatic heterocycles. The Morgan fingerprint density at radius 1 is 1.20 bits per heavy atom. The van der Waals surface area contributed by atoms with E-state index in [9.17, 15) is 9.59 Å². The van der Waals surface area contributed by atoms with Crippen LogP contribution in [-0.2, 0) is 16.1 Å². The normalized spacial score (nSPS) is 13.1. The summed E-state index contributed by atoms with van der Waals surface area (Å²) in [5.41, 5.74) is 6.08. The van der Waals surface area contributed by atoms with E-state index in [-0.39, 0.29) is 29.6 Å². The highest BCUT2D eigenvalue weighted by molar-refractivity contribution is 7.80. The Labute approximate surface area is 151 Å². The molecule has 0 saturated heterocycles. The molecule has 0 radical (unpaired) electrons. The summed E-state index contributed by atoms with van der Waals surface area (Å²) >= 11 is 5.13. The summed E-state index contributed by atoms with van der Waals surface area (Å²) in [5, 5.41) is 5.84. The molecule has 136 valence electrons. The molecule has 4 N–H and O–H groups in total. The molecule has 1 atom stereocenters. The molecule has 0 spiro atoms. The number of hydrogen-bond acceptors (Lipinski definition) is 5. The van der Waals surface area contributed by atoms with Crippen LogP contribution in [0.15, 0.2) is 18.2 Å². The summed E-state index contributed by atoms with van der Waals surface area (Å²) in [6.07, 6.45) is 0. The third-order valence-electron chi connectivity index (χ3n) is 3.50. The maximum atomic E-state index is 12.1. The molecule has 25 heavy (non-hydrogen) atoms. The zero-order chi connectivity index (χ0) is 18.4. The molecule has 1 aromatic rings. The Bertz CT molecular complexity index is 666. The van der Waals surface area contributed by atoms with Gasteiger partial charge in [0.1, 0.15) is 6.04 Å². The number of rotatable bonds is 5. The maximum Gasteiger partial charge on any atom is 0.261 e. The third kappa shape index (κ3) is 5.49. The van der Waals surface area contributed by atoms with E-state index >= 15 is 0 Å². The molecular weight excluding hydrogens is 344 g/mol. The van der Waals surface area contributed by atoms with E-state index in [0.717, 1.165) is 11.3 Å². The number of carbonyl (C=O) groups excluding carboxylic acids is 2. The predicted octanol–water partition coefficient (Wildman–Crippen LogP) is 0.571. The minimum Gasteiger partial charge on any atom is -0.454 e. The van der Waals surface area contributed by atoms with E-state index in [2.05, 4.69) is 21.5 Å². The first kappa shape index (κ1) is 18.8. The van der Waals surface area contributed by atoms with Crippen molar-refractivity contribution >= 4 is 29.1 Å². The Morgan fingerprint density at radius 3 is 2.60 bits per heavy atom. The number of ether oxygens (including phenoxy) is 2. The van der Waals surface area contributed by atoms with Crippen LogP contribution in [0.3, 0.4) is 0 Å². The number of fused-ring (bicyclic) bond motifs is 1. The van der Waals surface area contributed by atoms with Crippen LogP contribution in [0.5, 0.6) is 11.5 Å². The van der Waals surface area contributed by atoms with Gasteiger partial charge in [-0.05, 0) is 35.8 Å². The topological polar surface area (TPSA) is 101 Å². The van der Waals surface area contributed by atoms with Gasteiger partial charge in [-0.3, -0.25) is 20.4 Å². The Balaban J connectivity index is 1.78. The van der Waals surface area contributed by atoms with Crippen LogP contribution in [0.2, 0.25) is 0 Å². The van der Waals surface area contributed by atoms with Crippen LogP contribution in [0.4, 0.5) is 0 Å². The van der Waals surface area contributed by atoms with E-state index in [4.69, 9.17) is 21.7 Å². The first-order valence-electron chi connectivity index (χ1n) is 7.86. The van der Waals surface area contributed by atoms with Crippen LogP contribution in [0, 0.1) is 5.92 Å². The second-order valence-electron chi connectivity index (χ2n) is 5.91. The second-order valence-corrected chi connectivity index (χ2v) is 6.32. The van der Waals surface area contributed by atoms with E-state index < -0.39 is 6.04 Å². The van der Waals surface area contributed by atoms with Crippen LogP contribution < -0.4 is 31.0 Å². The minimum absolute atomic E-state index is 0.0548. The van der Waals surface area contributed by atoms with Crippen LogP contribution in [0.1, 0.15) is 26.3 Å². The van der Waals surface area contributed by atoms with Gasteiger partial charge in [-0.25, -0.2) is 0 Å². The highest BCUT2D eigenvalue weighted by Gasteiger charge is 2.22. The first-order valence-corrected chi connectivity index (χ1v) is 8.27. The van der Waals surface area contributed by atoms with Crippen molar-refractivity contribution in [3.63, 3.8) is 0 Å². The number of amides is 2. The Morgan fingerprint density at radius 2 is 1.92 bits per heavy atom. The van der Waals surface area contributed by atoms with Crippen molar-refractivity contribution in [2.45, 2.75) is 33.4 Å². The fourth-order valence-corrected chi connectivity index (χ4v) is 2.35. The van der Waals surface area contributed by atoms with Gasteiger partial charge in [-0.2, -0.15) is 0 Å². The summed E-state index contributed by atoms with van der Waals surface area (Å²) in [6, 6.07) is 4.95. The molecule has 1 aliphatic rings. The number of carbonyl (C=O) groups is 2. The lowest BCUT2D eigenvalue weighted by Crippen LogP contribution is -2.55. The van der Waals surface area contributed by atoms with Crippen molar-refractivity contribution in [2.75, 3.05) is 6.79 Å². The number of hydrazine groups is 1. The van der Waals surface area contributed by atoms with Gasteiger partial charge in [0.15, 0.2) is 16.6 Å². The monoisotopic (exact) mass is 366 g/mol. The first-order chi connectivity index (χ1) is 11.9.